The first kappa shape index (κ1) is 22.8. The van der Waals surface area contributed by atoms with Crippen molar-refractivity contribution in [3.05, 3.63) is 35.3 Å². The molecule has 2 aliphatic rings. The maximum absolute atomic E-state index is 13.5. The van der Waals surface area contributed by atoms with Crippen molar-refractivity contribution in [3.8, 4) is 0 Å². The van der Waals surface area contributed by atoms with Gasteiger partial charge in [-0.1, -0.05) is 0 Å². The number of nitrogens with one attached hydrogen (secondary N) is 2. The molecule has 1 aromatic carbocycles. The Balaban J connectivity index is 0.00000256. The van der Waals surface area contributed by atoms with Crippen LogP contribution in [0, 0.1) is 12.7 Å². The molecule has 0 unspecified atom stereocenters. The maximum Gasteiger partial charge on any atom is 0.234 e. The highest BCUT2D eigenvalue weighted by Gasteiger charge is 2.26. The fourth-order valence-electron chi connectivity index (χ4n) is 3.73. The van der Waals surface area contributed by atoms with Crippen molar-refractivity contribution in [2.24, 2.45) is 4.99 Å². The lowest BCUT2D eigenvalue weighted by Crippen LogP contribution is -2.54. The van der Waals surface area contributed by atoms with Gasteiger partial charge in [0.2, 0.25) is 5.91 Å². The van der Waals surface area contributed by atoms with Gasteiger partial charge in [-0.05, 0) is 38.0 Å². The van der Waals surface area contributed by atoms with Crippen molar-refractivity contribution in [2.45, 2.75) is 32.4 Å². The number of rotatable bonds is 5. The van der Waals surface area contributed by atoms with E-state index in [2.05, 4.69) is 25.4 Å². The van der Waals surface area contributed by atoms with Gasteiger partial charge in [-0.2, -0.15) is 0 Å². The molecule has 0 atom stereocenters. The second kappa shape index (κ2) is 9.95. The molecule has 1 saturated carbocycles. The number of halogens is 2. The Morgan fingerprint density at radius 3 is 2.67 bits per heavy atom. The third-order valence-electron chi connectivity index (χ3n) is 5.60. The number of furan rings is 1. The van der Waals surface area contributed by atoms with Crippen molar-refractivity contribution in [3.63, 3.8) is 0 Å². The summed E-state index contributed by atoms with van der Waals surface area (Å²) in [7, 11) is 1.76. The normalized spacial score (nSPS) is 17.7. The lowest BCUT2D eigenvalue weighted by Gasteiger charge is -2.36. The number of nitrogens with zero attached hydrogens (tertiary/aromatic N) is 3. The third kappa shape index (κ3) is 5.42. The molecule has 1 aliphatic heterocycles. The summed E-state index contributed by atoms with van der Waals surface area (Å²) >= 11 is 0. The molecule has 7 nitrogen and oxygen atoms in total. The molecule has 2 aromatic rings. The molecule has 1 aliphatic carbocycles. The van der Waals surface area contributed by atoms with Gasteiger partial charge < -0.3 is 20.0 Å². The number of hydrogen-bond donors (Lipinski definition) is 2. The quantitative estimate of drug-likeness (QED) is 0.354. The standard InChI is InChI=1S/C21H28FN5O2.HI/c1-14-17-11-15(22)3-6-18(17)29-19(14)12-24-21(23-2)27-9-7-26(8-10-27)13-20(28)25-16-4-5-16;/h3,6,11,16H,4-5,7-10,12-13H2,1-2H3,(H,23,24)(H,25,28);1H. The van der Waals surface area contributed by atoms with Crippen LogP contribution in [-0.2, 0) is 11.3 Å². The largest absolute Gasteiger partial charge is 0.459 e. The second-order valence-electron chi connectivity index (χ2n) is 7.80. The van der Waals surface area contributed by atoms with Gasteiger partial charge in [0.15, 0.2) is 5.96 Å². The van der Waals surface area contributed by atoms with Crippen molar-refractivity contribution >= 4 is 46.8 Å². The smallest absolute Gasteiger partial charge is 0.234 e. The molecular formula is C21H29FIN5O2. The van der Waals surface area contributed by atoms with E-state index in [1.54, 1.807) is 13.1 Å². The molecule has 30 heavy (non-hydrogen) atoms. The summed E-state index contributed by atoms with van der Waals surface area (Å²) in [5, 5.41) is 7.19. The highest BCUT2D eigenvalue weighted by Crippen LogP contribution is 2.26. The molecule has 1 aromatic heterocycles. The molecule has 4 rings (SSSR count). The minimum atomic E-state index is -0.264. The van der Waals surface area contributed by atoms with Gasteiger partial charge in [0.25, 0.3) is 0 Å². The second-order valence-corrected chi connectivity index (χ2v) is 7.80. The summed E-state index contributed by atoms with van der Waals surface area (Å²) in [5.41, 5.74) is 1.63. The summed E-state index contributed by atoms with van der Waals surface area (Å²) in [6, 6.07) is 4.98. The molecule has 1 saturated heterocycles. The number of aliphatic imine (C=N–C) groups is 1. The SMILES string of the molecule is CN=C(NCc1oc2ccc(F)cc2c1C)N1CCN(CC(=O)NC2CC2)CC1.I. The van der Waals surface area contributed by atoms with Crippen molar-refractivity contribution in [2.75, 3.05) is 39.8 Å². The van der Waals surface area contributed by atoms with Crippen LogP contribution in [0.1, 0.15) is 24.2 Å². The van der Waals surface area contributed by atoms with Crippen molar-refractivity contribution in [1.29, 1.82) is 0 Å². The van der Waals surface area contributed by atoms with E-state index in [0.29, 0.717) is 24.7 Å². The minimum absolute atomic E-state index is 0. The molecule has 2 heterocycles. The van der Waals surface area contributed by atoms with Gasteiger partial charge in [0.1, 0.15) is 17.2 Å². The molecule has 9 heteroatoms. The van der Waals surface area contributed by atoms with Crippen molar-refractivity contribution < 1.29 is 13.6 Å². The number of piperazine rings is 1. The Morgan fingerprint density at radius 2 is 2.00 bits per heavy atom. The van der Waals surface area contributed by atoms with Crippen LogP contribution in [0.5, 0.6) is 0 Å². The predicted octanol–water partition coefficient (Wildman–Crippen LogP) is 2.47. The average molecular weight is 529 g/mol. The number of guanidine groups is 1. The summed E-state index contributed by atoms with van der Waals surface area (Å²) in [4.78, 5) is 20.7. The Hall–Kier alpha value is -1.88. The first-order valence-corrected chi connectivity index (χ1v) is 10.2. The van der Waals surface area contributed by atoms with Gasteiger partial charge in [0.05, 0.1) is 13.1 Å². The fourth-order valence-corrected chi connectivity index (χ4v) is 3.73. The monoisotopic (exact) mass is 529 g/mol. The average Bonchev–Trinajstić information content (AvgIpc) is 3.47. The van der Waals surface area contributed by atoms with E-state index in [9.17, 15) is 9.18 Å². The van der Waals surface area contributed by atoms with Crippen LogP contribution in [0.2, 0.25) is 0 Å². The van der Waals surface area contributed by atoms with Crippen LogP contribution in [-0.4, -0.2) is 67.5 Å². The lowest BCUT2D eigenvalue weighted by atomic mass is 10.1. The van der Waals surface area contributed by atoms with E-state index < -0.39 is 0 Å². The summed E-state index contributed by atoms with van der Waals surface area (Å²) < 4.78 is 19.4. The third-order valence-corrected chi connectivity index (χ3v) is 5.60. The first-order valence-electron chi connectivity index (χ1n) is 10.2. The van der Waals surface area contributed by atoms with Crippen LogP contribution in [0.3, 0.4) is 0 Å². The van der Waals surface area contributed by atoms with Gasteiger partial charge >= 0.3 is 0 Å². The maximum atomic E-state index is 13.5. The predicted molar refractivity (Wildman–Crippen MR) is 126 cm³/mol. The van der Waals surface area contributed by atoms with Crippen LogP contribution in [0.25, 0.3) is 11.0 Å². The molecule has 2 N–H and O–H groups in total. The number of carbonyl (C=O) groups is 1. The van der Waals surface area contributed by atoms with Gasteiger partial charge in [-0.3, -0.25) is 14.7 Å². The topological polar surface area (TPSA) is 73.1 Å². The van der Waals surface area contributed by atoms with E-state index >= 15 is 0 Å². The Labute approximate surface area is 193 Å². The molecule has 0 bridgehead atoms. The van der Waals surface area contributed by atoms with Crippen LogP contribution < -0.4 is 10.6 Å². The Morgan fingerprint density at radius 1 is 1.27 bits per heavy atom. The zero-order valence-electron chi connectivity index (χ0n) is 17.4. The number of fused-ring (bicyclic) bond motifs is 1. The molecule has 164 valence electrons. The molecule has 1 amide bonds. The zero-order valence-corrected chi connectivity index (χ0v) is 19.7. The summed E-state index contributed by atoms with van der Waals surface area (Å²) in [6.07, 6.45) is 2.22. The van der Waals surface area contributed by atoms with Crippen LogP contribution in [0.15, 0.2) is 27.6 Å². The van der Waals surface area contributed by atoms with Crippen molar-refractivity contribution in [1.82, 2.24) is 20.4 Å². The molecule has 2 fully saturated rings. The van der Waals surface area contributed by atoms with Gasteiger partial charge in [-0.15, -0.1) is 24.0 Å². The van der Waals surface area contributed by atoms with E-state index in [1.807, 2.05) is 6.92 Å². The zero-order chi connectivity index (χ0) is 20.4. The van der Waals surface area contributed by atoms with Gasteiger partial charge in [-0.25, -0.2) is 4.39 Å². The van der Waals surface area contributed by atoms with Gasteiger partial charge in [0, 0.05) is 50.2 Å². The van der Waals surface area contributed by atoms with E-state index in [-0.39, 0.29) is 35.7 Å². The highest BCUT2D eigenvalue weighted by molar-refractivity contribution is 14.0. The fraction of sp³-hybridized carbons (Fsp3) is 0.524. The van der Waals surface area contributed by atoms with E-state index in [0.717, 1.165) is 61.7 Å². The summed E-state index contributed by atoms with van der Waals surface area (Å²) in [5.74, 6) is 1.45. The number of aryl methyl sites for hydroxylation is 1. The Kier molecular flexibility index (Phi) is 7.56. The Bertz CT molecular complexity index is 920. The van der Waals surface area contributed by atoms with E-state index in [4.69, 9.17) is 4.42 Å². The number of amides is 1. The van der Waals surface area contributed by atoms with Crippen LogP contribution in [0.4, 0.5) is 4.39 Å². The highest BCUT2D eigenvalue weighted by atomic mass is 127. The number of carbonyl (C=O) groups excluding carboxylic acids is 1. The molecular weight excluding hydrogens is 500 g/mol. The number of hydrogen-bond acceptors (Lipinski definition) is 4. The molecule has 0 spiro atoms. The number of benzene rings is 1. The summed E-state index contributed by atoms with van der Waals surface area (Å²) in [6.45, 7) is 6.14. The van der Waals surface area contributed by atoms with Crippen LogP contribution >= 0.6 is 24.0 Å². The van der Waals surface area contributed by atoms with E-state index in [1.165, 1.54) is 12.1 Å². The lowest BCUT2D eigenvalue weighted by molar-refractivity contribution is -0.122. The minimum Gasteiger partial charge on any atom is -0.459 e. The first-order chi connectivity index (χ1) is 14.0. The molecule has 0 radical (unpaired) electrons.